The van der Waals surface area contributed by atoms with E-state index in [9.17, 15) is 22.4 Å². The van der Waals surface area contributed by atoms with E-state index in [4.69, 9.17) is 0 Å². The van der Waals surface area contributed by atoms with E-state index in [0.717, 1.165) is 24.2 Å². The molecule has 0 aliphatic heterocycles. The maximum Gasteiger partial charge on any atom is 0.245 e. The van der Waals surface area contributed by atoms with Gasteiger partial charge in [0.1, 0.15) is 10.8 Å². The minimum atomic E-state index is -3.98. The number of hydrogen-bond acceptors (Lipinski definition) is 8. The number of nitrogens with zero attached hydrogens (tertiary/aromatic N) is 3. The maximum atomic E-state index is 14.9. The van der Waals surface area contributed by atoms with E-state index in [2.05, 4.69) is 25.8 Å². The molecule has 1 aliphatic carbocycles. The smallest absolute Gasteiger partial charge is 0.245 e. The number of hydrogen-bond donors (Lipinski definition) is 2. The molecule has 1 aromatic carbocycles. The number of sulfone groups is 1. The van der Waals surface area contributed by atoms with Gasteiger partial charge in [0.05, 0.1) is 33.9 Å². The Bertz CT molecular complexity index is 1370. The summed E-state index contributed by atoms with van der Waals surface area (Å²) in [5, 5.41) is 10.4. The Kier molecular flexibility index (Phi) is 6.63. The molecule has 0 spiro atoms. The summed E-state index contributed by atoms with van der Waals surface area (Å²) >= 11 is 0.934. The number of aryl methyl sites for hydroxylation is 1. The van der Waals surface area contributed by atoms with Crippen molar-refractivity contribution in [2.75, 3.05) is 6.54 Å². The molecule has 2 heterocycles. The molecule has 12 heteroatoms. The first kappa shape index (κ1) is 24.1. The van der Waals surface area contributed by atoms with Gasteiger partial charge in [-0.25, -0.2) is 17.8 Å². The van der Waals surface area contributed by atoms with Crippen molar-refractivity contribution in [3.8, 4) is 11.1 Å². The summed E-state index contributed by atoms with van der Waals surface area (Å²) in [5.74, 6) is -1.75. The largest absolute Gasteiger partial charge is 0.352 e. The molecule has 2 N–H and O–H groups in total. The molecule has 180 valence electrons. The molecule has 4 rings (SSSR count). The zero-order chi connectivity index (χ0) is 24.6. The van der Waals surface area contributed by atoms with Crippen molar-refractivity contribution < 1.29 is 22.4 Å². The van der Waals surface area contributed by atoms with E-state index in [1.54, 1.807) is 13.0 Å². The highest BCUT2D eigenvalue weighted by atomic mass is 32.2. The summed E-state index contributed by atoms with van der Waals surface area (Å²) in [6.45, 7) is 4.34. The van der Waals surface area contributed by atoms with Crippen LogP contribution in [0.1, 0.15) is 42.6 Å². The SMILES string of the molecule is Cc1cc(-c2cc3nc(C(C(=O)NCC(=O)NC4CC4)S(=O)(=O)C(C)C)sc3cc2F)cnn1. The Morgan fingerprint density at radius 2 is 1.97 bits per heavy atom. The second kappa shape index (κ2) is 9.34. The van der Waals surface area contributed by atoms with E-state index in [1.807, 2.05) is 0 Å². The maximum absolute atomic E-state index is 14.9. The van der Waals surface area contributed by atoms with E-state index in [-0.39, 0.29) is 29.1 Å². The summed E-state index contributed by atoms with van der Waals surface area (Å²) in [4.78, 5) is 29.3. The lowest BCUT2D eigenvalue weighted by atomic mass is 10.1. The van der Waals surface area contributed by atoms with Crippen LogP contribution in [0.25, 0.3) is 21.3 Å². The molecule has 1 aliphatic rings. The van der Waals surface area contributed by atoms with Crippen LogP contribution in [0, 0.1) is 12.7 Å². The van der Waals surface area contributed by atoms with Crippen molar-refractivity contribution in [3.63, 3.8) is 0 Å². The highest BCUT2D eigenvalue weighted by Gasteiger charge is 2.39. The normalized spacial score (nSPS) is 14.9. The summed E-state index contributed by atoms with van der Waals surface area (Å²) < 4.78 is 41.5. The van der Waals surface area contributed by atoms with E-state index in [1.165, 1.54) is 32.2 Å². The van der Waals surface area contributed by atoms with Crippen molar-refractivity contribution in [1.29, 1.82) is 0 Å². The van der Waals surface area contributed by atoms with Crippen molar-refractivity contribution in [2.24, 2.45) is 0 Å². The topological polar surface area (TPSA) is 131 Å². The number of aromatic nitrogens is 3. The molecule has 1 saturated carbocycles. The van der Waals surface area contributed by atoms with Crippen LogP contribution in [0.5, 0.6) is 0 Å². The molecule has 1 unspecified atom stereocenters. The van der Waals surface area contributed by atoms with Crippen molar-refractivity contribution in [1.82, 2.24) is 25.8 Å². The predicted molar refractivity (Wildman–Crippen MR) is 126 cm³/mol. The summed E-state index contributed by atoms with van der Waals surface area (Å²) in [6.07, 6.45) is 3.21. The van der Waals surface area contributed by atoms with Gasteiger partial charge in [0.2, 0.25) is 11.8 Å². The molecule has 2 aromatic heterocycles. The third-order valence-electron chi connectivity index (χ3n) is 5.40. The summed E-state index contributed by atoms with van der Waals surface area (Å²) in [6, 6.07) is 4.56. The Hall–Kier alpha value is -2.99. The number of fused-ring (bicyclic) bond motifs is 1. The van der Waals surface area contributed by atoms with Crippen LogP contribution >= 0.6 is 11.3 Å². The molecular weight excluding hydrogens is 481 g/mol. The zero-order valence-corrected chi connectivity index (χ0v) is 20.5. The fourth-order valence-electron chi connectivity index (χ4n) is 3.36. The highest BCUT2D eigenvalue weighted by molar-refractivity contribution is 7.93. The lowest BCUT2D eigenvalue weighted by molar-refractivity contribution is -0.126. The molecule has 0 radical (unpaired) electrons. The van der Waals surface area contributed by atoms with Gasteiger partial charge in [0.15, 0.2) is 15.1 Å². The van der Waals surface area contributed by atoms with Crippen LogP contribution in [0.2, 0.25) is 0 Å². The van der Waals surface area contributed by atoms with Crippen molar-refractivity contribution in [2.45, 2.75) is 50.2 Å². The number of halogens is 1. The predicted octanol–water partition coefficient (Wildman–Crippen LogP) is 2.46. The zero-order valence-electron chi connectivity index (χ0n) is 18.8. The number of nitrogens with one attached hydrogen (secondary N) is 2. The number of thiazole rings is 1. The second-order valence-corrected chi connectivity index (χ2v) is 12.2. The first-order valence-corrected chi connectivity index (χ1v) is 13.2. The number of rotatable bonds is 8. The fraction of sp³-hybridized carbons (Fsp3) is 0.409. The van der Waals surface area contributed by atoms with Crippen LogP contribution in [0.15, 0.2) is 24.4 Å². The van der Waals surface area contributed by atoms with Crippen LogP contribution in [0.4, 0.5) is 4.39 Å². The molecular formula is C22H24FN5O4S2. The Labute approximate surface area is 200 Å². The van der Waals surface area contributed by atoms with E-state index >= 15 is 0 Å². The minimum Gasteiger partial charge on any atom is -0.352 e. The summed E-state index contributed by atoms with van der Waals surface area (Å²) in [7, 11) is -3.98. The lowest BCUT2D eigenvalue weighted by Crippen LogP contribution is -2.42. The van der Waals surface area contributed by atoms with Crippen molar-refractivity contribution >= 4 is 43.2 Å². The van der Waals surface area contributed by atoms with Crippen LogP contribution in [-0.2, 0) is 19.4 Å². The third kappa shape index (κ3) is 5.07. The minimum absolute atomic E-state index is 0.0179. The van der Waals surface area contributed by atoms with Gasteiger partial charge >= 0.3 is 0 Å². The number of amides is 2. The molecule has 0 bridgehead atoms. The molecule has 2 amide bonds. The van der Waals surface area contributed by atoms with Gasteiger partial charge in [-0.15, -0.1) is 11.3 Å². The van der Waals surface area contributed by atoms with Gasteiger partial charge < -0.3 is 10.6 Å². The Morgan fingerprint density at radius 1 is 1.24 bits per heavy atom. The number of carbonyl (C=O) groups excluding carboxylic acids is 2. The molecule has 0 saturated heterocycles. The van der Waals surface area contributed by atoms with Crippen LogP contribution in [-0.4, -0.2) is 53.3 Å². The first-order valence-electron chi connectivity index (χ1n) is 10.8. The van der Waals surface area contributed by atoms with E-state index < -0.39 is 32.1 Å². The Morgan fingerprint density at radius 3 is 2.62 bits per heavy atom. The van der Waals surface area contributed by atoms with Gasteiger partial charge in [-0.1, -0.05) is 0 Å². The highest BCUT2D eigenvalue weighted by Crippen LogP contribution is 2.36. The molecule has 3 aromatic rings. The molecule has 1 fully saturated rings. The van der Waals surface area contributed by atoms with Crippen LogP contribution < -0.4 is 10.6 Å². The summed E-state index contributed by atoms with van der Waals surface area (Å²) in [5.41, 5.74) is 1.72. The average molecular weight is 506 g/mol. The van der Waals surface area contributed by atoms with Crippen molar-refractivity contribution in [3.05, 3.63) is 40.9 Å². The molecule has 1 atom stereocenters. The van der Waals surface area contributed by atoms with Gasteiger partial charge in [-0.3, -0.25) is 9.59 Å². The lowest BCUT2D eigenvalue weighted by Gasteiger charge is -2.17. The van der Waals surface area contributed by atoms with Gasteiger partial charge in [0, 0.05) is 17.2 Å². The first-order chi connectivity index (χ1) is 16.1. The van der Waals surface area contributed by atoms with Gasteiger partial charge in [-0.05, 0) is 51.8 Å². The molecule has 9 nitrogen and oxygen atoms in total. The fourth-order valence-corrected chi connectivity index (χ4v) is 6.12. The average Bonchev–Trinajstić information content (AvgIpc) is 3.48. The monoisotopic (exact) mass is 505 g/mol. The van der Waals surface area contributed by atoms with Gasteiger partial charge in [0.25, 0.3) is 0 Å². The third-order valence-corrected chi connectivity index (χ3v) is 9.04. The second-order valence-electron chi connectivity index (χ2n) is 8.51. The Balaban J connectivity index is 1.69. The van der Waals surface area contributed by atoms with E-state index in [0.29, 0.717) is 21.5 Å². The number of benzene rings is 1. The number of carbonyl (C=O) groups is 2. The quantitative estimate of drug-likeness (QED) is 0.481. The standard InChI is InChI=1S/C22H24FN5O4S2/c1-11(2)34(31,32)20(21(30)24-10-19(29)26-14-4-5-14)22-27-17-7-15(16(23)8-18(17)33-22)13-6-12(3)28-25-9-13/h6-9,11,14,20H,4-5,10H2,1-3H3,(H,24,30)(H,26,29). The van der Waals surface area contributed by atoms with Crippen LogP contribution in [0.3, 0.4) is 0 Å². The van der Waals surface area contributed by atoms with Gasteiger partial charge in [-0.2, -0.15) is 10.2 Å². The molecule has 34 heavy (non-hydrogen) atoms.